The Labute approximate surface area is 147 Å². The molecule has 1 saturated heterocycles. The van der Waals surface area contributed by atoms with Crippen LogP contribution >= 0.6 is 11.8 Å². The van der Waals surface area contributed by atoms with Crippen LogP contribution in [0.4, 0.5) is 0 Å². The fourth-order valence-corrected chi connectivity index (χ4v) is 4.08. The van der Waals surface area contributed by atoms with Crippen molar-refractivity contribution < 1.29 is 4.79 Å². The van der Waals surface area contributed by atoms with E-state index in [-0.39, 0.29) is 11.2 Å². The number of H-pyrrole nitrogens is 1. The minimum Gasteiger partial charge on any atom is -0.336 e. The summed E-state index contributed by atoms with van der Waals surface area (Å²) in [7, 11) is 0. The molecule has 2 aromatic rings. The number of nitrogens with zero attached hydrogens (tertiary/aromatic N) is 3. The van der Waals surface area contributed by atoms with Gasteiger partial charge in [0.15, 0.2) is 5.82 Å². The first-order valence-corrected chi connectivity index (χ1v) is 9.41. The predicted octanol–water partition coefficient (Wildman–Crippen LogP) is 3.74. The van der Waals surface area contributed by atoms with Gasteiger partial charge in [0.2, 0.25) is 11.1 Å². The van der Waals surface area contributed by atoms with Gasteiger partial charge < -0.3 is 4.90 Å². The highest BCUT2D eigenvalue weighted by molar-refractivity contribution is 8.00. The highest BCUT2D eigenvalue weighted by Crippen LogP contribution is 2.28. The van der Waals surface area contributed by atoms with Crippen molar-refractivity contribution in [3.8, 4) is 11.4 Å². The summed E-state index contributed by atoms with van der Waals surface area (Å²) in [6.07, 6.45) is 3.38. The molecule has 0 unspecified atom stereocenters. The normalized spacial score (nSPS) is 22.4. The Morgan fingerprint density at radius 3 is 2.58 bits per heavy atom. The van der Waals surface area contributed by atoms with Gasteiger partial charge in [-0.25, -0.2) is 4.98 Å². The Kier molecular flexibility index (Phi) is 5.23. The van der Waals surface area contributed by atoms with Crippen LogP contribution in [0.5, 0.6) is 0 Å². The lowest BCUT2D eigenvalue weighted by molar-refractivity contribution is -0.136. The molecule has 1 aliphatic heterocycles. The first-order chi connectivity index (χ1) is 11.6. The average molecular weight is 344 g/mol. The van der Waals surface area contributed by atoms with Crippen molar-refractivity contribution in [3.05, 3.63) is 30.3 Å². The summed E-state index contributed by atoms with van der Waals surface area (Å²) in [5, 5.41) is 7.64. The van der Waals surface area contributed by atoms with Gasteiger partial charge in [-0.2, -0.15) is 0 Å². The van der Waals surface area contributed by atoms with Gasteiger partial charge in [-0.1, -0.05) is 42.1 Å². The molecule has 128 valence electrons. The maximum absolute atomic E-state index is 12.8. The summed E-state index contributed by atoms with van der Waals surface area (Å²) < 4.78 is 0. The smallest absolute Gasteiger partial charge is 0.236 e. The Balaban J connectivity index is 1.67. The van der Waals surface area contributed by atoms with Crippen LogP contribution in [-0.2, 0) is 4.79 Å². The third-order valence-corrected chi connectivity index (χ3v) is 5.54. The molecule has 0 aliphatic carbocycles. The van der Waals surface area contributed by atoms with Gasteiger partial charge >= 0.3 is 0 Å². The van der Waals surface area contributed by atoms with Crippen molar-refractivity contribution in [1.29, 1.82) is 0 Å². The van der Waals surface area contributed by atoms with E-state index in [0.29, 0.717) is 17.2 Å². The van der Waals surface area contributed by atoms with E-state index in [1.165, 1.54) is 18.2 Å². The molecular weight excluding hydrogens is 320 g/mol. The summed E-state index contributed by atoms with van der Waals surface area (Å²) in [5.74, 6) is 0.920. The average Bonchev–Trinajstić information content (AvgIpc) is 3.04. The van der Waals surface area contributed by atoms with Crippen LogP contribution in [0.15, 0.2) is 35.5 Å². The third kappa shape index (κ3) is 3.64. The van der Waals surface area contributed by atoms with E-state index in [2.05, 4.69) is 29.0 Å². The van der Waals surface area contributed by atoms with E-state index in [1.807, 2.05) is 42.2 Å². The lowest BCUT2D eigenvalue weighted by Gasteiger charge is -2.40. The summed E-state index contributed by atoms with van der Waals surface area (Å²) in [6, 6.07) is 10.5. The number of hydrogen-bond donors (Lipinski definition) is 1. The standard InChI is InChI=1S/C18H24N4OS/c1-12-8-7-9-13(2)22(12)17(23)14(3)24-18-19-16(20-21-18)15-10-5-4-6-11-15/h4-6,10-14H,7-9H2,1-3H3,(H,19,20,21)/t12-,13+,14-/m0/s1. The van der Waals surface area contributed by atoms with Crippen LogP contribution in [-0.4, -0.2) is 43.3 Å². The van der Waals surface area contributed by atoms with Crippen LogP contribution in [0.1, 0.15) is 40.0 Å². The molecule has 1 aromatic heterocycles. The molecule has 6 heteroatoms. The highest BCUT2D eigenvalue weighted by Gasteiger charge is 2.32. The molecule has 1 fully saturated rings. The Bertz CT molecular complexity index is 677. The van der Waals surface area contributed by atoms with Crippen LogP contribution in [0.3, 0.4) is 0 Å². The predicted molar refractivity (Wildman–Crippen MR) is 96.8 cm³/mol. The molecule has 1 aromatic carbocycles. The van der Waals surface area contributed by atoms with Crippen molar-refractivity contribution in [1.82, 2.24) is 20.1 Å². The number of nitrogens with one attached hydrogen (secondary N) is 1. The summed E-state index contributed by atoms with van der Waals surface area (Å²) in [4.78, 5) is 19.4. The number of thioether (sulfide) groups is 1. The molecule has 0 saturated carbocycles. The van der Waals surface area contributed by atoms with E-state index >= 15 is 0 Å². The maximum atomic E-state index is 12.8. The zero-order valence-electron chi connectivity index (χ0n) is 14.4. The molecule has 1 amide bonds. The Hall–Kier alpha value is -1.82. The van der Waals surface area contributed by atoms with Crippen LogP contribution in [0.2, 0.25) is 0 Å². The first kappa shape index (κ1) is 17.0. The van der Waals surface area contributed by atoms with Crippen molar-refractivity contribution in [3.63, 3.8) is 0 Å². The van der Waals surface area contributed by atoms with Gasteiger partial charge in [0.25, 0.3) is 0 Å². The second-order valence-electron chi connectivity index (χ2n) is 6.47. The molecule has 3 atom stereocenters. The van der Waals surface area contributed by atoms with Gasteiger partial charge in [0.05, 0.1) is 5.25 Å². The first-order valence-electron chi connectivity index (χ1n) is 8.53. The van der Waals surface area contributed by atoms with Gasteiger partial charge in [-0.3, -0.25) is 9.89 Å². The van der Waals surface area contributed by atoms with Gasteiger partial charge in [0.1, 0.15) is 0 Å². The van der Waals surface area contributed by atoms with E-state index in [4.69, 9.17) is 0 Å². The van der Waals surface area contributed by atoms with Crippen LogP contribution < -0.4 is 0 Å². The highest BCUT2D eigenvalue weighted by atomic mass is 32.2. The molecule has 3 rings (SSSR count). The quantitative estimate of drug-likeness (QED) is 0.858. The number of piperidine rings is 1. The number of aromatic amines is 1. The fourth-order valence-electron chi connectivity index (χ4n) is 3.30. The lowest BCUT2D eigenvalue weighted by atomic mass is 9.97. The lowest BCUT2D eigenvalue weighted by Crippen LogP contribution is -2.50. The number of amides is 1. The summed E-state index contributed by atoms with van der Waals surface area (Å²) >= 11 is 1.42. The van der Waals surface area contributed by atoms with E-state index < -0.39 is 0 Å². The number of benzene rings is 1. The number of rotatable bonds is 4. The molecule has 1 aliphatic rings. The SMILES string of the molecule is C[C@H](Sc1n[nH]c(-c2ccccc2)n1)C(=O)N1[C@H](C)CCC[C@@H]1C. The van der Waals surface area contributed by atoms with Crippen molar-refractivity contribution in [2.24, 2.45) is 0 Å². The molecule has 5 nitrogen and oxygen atoms in total. The Morgan fingerprint density at radius 1 is 1.25 bits per heavy atom. The van der Waals surface area contributed by atoms with Crippen molar-refractivity contribution in [2.45, 2.75) is 62.5 Å². The number of likely N-dealkylation sites (tertiary alicyclic amines) is 1. The molecule has 0 bridgehead atoms. The molecule has 0 spiro atoms. The zero-order valence-corrected chi connectivity index (χ0v) is 15.2. The fraction of sp³-hybridized carbons (Fsp3) is 0.500. The van der Waals surface area contributed by atoms with Crippen LogP contribution in [0, 0.1) is 0 Å². The molecule has 24 heavy (non-hydrogen) atoms. The molecule has 2 heterocycles. The molecular formula is C18H24N4OS. The van der Waals surface area contributed by atoms with Gasteiger partial charge in [-0.05, 0) is 40.0 Å². The minimum atomic E-state index is -0.188. The largest absolute Gasteiger partial charge is 0.336 e. The second kappa shape index (κ2) is 7.38. The minimum absolute atomic E-state index is 0.186. The number of aromatic nitrogens is 3. The van der Waals surface area contributed by atoms with E-state index in [1.54, 1.807) is 0 Å². The third-order valence-electron chi connectivity index (χ3n) is 4.59. The topological polar surface area (TPSA) is 61.9 Å². The Morgan fingerprint density at radius 2 is 1.92 bits per heavy atom. The monoisotopic (exact) mass is 344 g/mol. The van der Waals surface area contributed by atoms with Crippen LogP contribution in [0.25, 0.3) is 11.4 Å². The number of hydrogen-bond acceptors (Lipinski definition) is 4. The summed E-state index contributed by atoms with van der Waals surface area (Å²) in [6.45, 7) is 6.23. The number of carbonyl (C=O) groups excluding carboxylic acids is 1. The molecule has 1 N–H and O–H groups in total. The molecule has 0 radical (unpaired) electrons. The van der Waals surface area contributed by atoms with Crippen molar-refractivity contribution in [2.75, 3.05) is 0 Å². The van der Waals surface area contributed by atoms with Crippen molar-refractivity contribution >= 4 is 17.7 Å². The van der Waals surface area contributed by atoms with Gasteiger partial charge in [0, 0.05) is 17.6 Å². The van der Waals surface area contributed by atoms with Gasteiger partial charge in [-0.15, -0.1) is 5.10 Å². The summed E-state index contributed by atoms with van der Waals surface area (Å²) in [5.41, 5.74) is 0.995. The maximum Gasteiger partial charge on any atom is 0.236 e. The van der Waals surface area contributed by atoms with E-state index in [0.717, 1.165) is 24.2 Å². The van der Waals surface area contributed by atoms with E-state index in [9.17, 15) is 4.79 Å². The zero-order chi connectivity index (χ0) is 17.1. The number of carbonyl (C=O) groups is 1. The second-order valence-corrected chi connectivity index (χ2v) is 7.78.